The summed E-state index contributed by atoms with van der Waals surface area (Å²) in [5.41, 5.74) is 0.648. The zero-order valence-corrected chi connectivity index (χ0v) is 10.3. The largest absolute Gasteiger partial charge is 0.480 e. The molecular formula is C12H15FN2O3. The van der Waals surface area contributed by atoms with Crippen LogP contribution < -0.4 is 0 Å². The summed E-state index contributed by atoms with van der Waals surface area (Å²) in [5, 5.41) is 8.58. The molecule has 0 saturated heterocycles. The van der Waals surface area contributed by atoms with E-state index in [1.165, 1.54) is 31.1 Å². The van der Waals surface area contributed by atoms with Crippen molar-refractivity contribution in [2.45, 2.75) is 6.54 Å². The van der Waals surface area contributed by atoms with Gasteiger partial charge in [0.1, 0.15) is 12.4 Å². The molecule has 0 saturated carbocycles. The van der Waals surface area contributed by atoms with Crippen molar-refractivity contribution in [2.75, 3.05) is 20.6 Å². The summed E-state index contributed by atoms with van der Waals surface area (Å²) in [5.74, 6) is -1.45. The second-order valence-corrected chi connectivity index (χ2v) is 4.02. The number of likely N-dealkylation sites (N-methyl/N-ethyl adjacent to an activating group) is 1. The molecule has 1 aromatic carbocycles. The van der Waals surface area contributed by atoms with Crippen LogP contribution in [0.4, 0.5) is 9.18 Å². The number of hydrogen-bond acceptors (Lipinski definition) is 2. The Morgan fingerprint density at radius 3 is 2.50 bits per heavy atom. The lowest BCUT2D eigenvalue weighted by Crippen LogP contribution is -2.40. The number of carbonyl (C=O) groups excluding carboxylic acids is 1. The van der Waals surface area contributed by atoms with Gasteiger partial charge in [0.05, 0.1) is 0 Å². The Kier molecular flexibility index (Phi) is 4.65. The van der Waals surface area contributed by atoms with Crippen molar-refractivity contribution >= 4 is 12.0 Å². The fourth-order valence-corrected chi connectivity index (χ4v) is 1.54. The van der Waals surface area contributed by atoms with Gasteiger partial charge in [0, 0.05) is 20.6 Å². The molecule has 0 aliphatic heterocycles. The minimum atomic E-state index is -1.08. The molecule has 6 heteroatoms. The summed E-state index contributed by atoms with van der Waals surface area (Å²) >= 11 is 0. The molecule has 1 N–H and O–H groups in total. The van der Waals surface area contributed by atoms with Gasteiger partial charge in [-0.1, -0.05) is 12.1 Å². The maximum absolute atomic E-state index is 13.0. The van der Waals surface area contributed by atoms with Gasteiger partial charge in [0.2, 0.25) is 0 Å². The van der Waals surface area contributed by atoms with Gasteiger partial charge >= 0.3 is 12.0 Å². The molecule has 0 heterocycles. The van der Waals surface area contributed by atoms with Crippen molar-refractivity contribution in [1.82, 2.24) is 9.80 Å². The van der Waals surface area contributed by atoms with E-state index in [0.717, 1.165) is 4.90 Å². The summed E-state index contributed by atoms with van der Waals surface area (Å²) in [4.78, 5) is 24.7. The minimum Gasteiger partial charge on any atom is -0.480 e. The molecule has 0 fully saturated rings. The average Bonchev–Trinajstić information content (AvgIpc) is 2.27. The first kappa shape index (κ1) is 14.0. The third kappa shape index (κ3) is 4.04. The third-order valence-electron chi connectivity index (χ3n) is 2.33. The van der Waals surface area contributed by atoms with Gasteiger partial charge in [0.25, 0.3) is 0 Å². The van der Waals surface area contributed by atoms with E-state index in [2.05, 4.69) is 0 Å². The molecule has 0 aliphatic carbocycles. The number of amides is 2. The monoisotopic (exact) mass is 254 g/mol. The third-order valence-corrected chi connectivity index (χ3v) is 2.33. The highest BCUT2D eigenvalue weighted by molar-refractivity contribution is 5.79. The second-order valence-electron chi connectivity index (χ2n) is 4.02. The fraction of sp³-hybridized carbons (Fsp3) is 0.333. The SMILES string of the molecule is CN(CC(=O)O)C(=O)N(C)Cc1cccc(F)c1. The molecule has 5 nitrogen and oxygen atoms in total. The molecule has 0 aliphatic rings. The Morgan fingerprint density at radius 2 is 1.94 bits per heavy atom. The van der Waals surface area contributed by atoms with Crippen molar-refractivity contribution < 1.29 is 19.1 Å². The molecule has 0 aromatic heterocycles. The average molecular weight is 254 g/mol. The molecule has 0 unspecified atom stereocenters. The van der Waals surface area contributed by atoms with Gasteiger partial charge in [-0.15, -0.1) is 0 Å². The molecule has 0 radical (unpaired) electrons. The zero-order chi connectivity index (χ0) is 13.7. The summed E-state index contributed by atoms with van der Waals surface area (Å²) in [6, 6.07) is 5.48. The Hall–Kier alpha value is -2.11. The maximum atomic E-state index is 13.0. The Labute approximate surface area is 104 Å². The molecule has 1 rings (SSSR count). The molecule has 2 amide bonds. The van der Waals surface area contributed by atoms with Crippen LogP contribution in [0.2, 0.25) is 0 Å². The van der Waals surface area contributed by atoms with Crippen LogP contribution in [0.1, 0.15) is 5.56 Å². The van der Waals surface area contributed by atoms with Gasteiger partial charge in [-0.25, -0.2) is 9.18 Å². The van der Waals surface area contributed by atoms with Crippen molar-refractivity contribution in [3.8, 4) is 0 Å². The van der Waals surface area contributed by atoms with Crippen LogP contribution in [-0.4, -0.2) is 47.5 Å². The van der Waals surface area contributed by atoms with E-state index >= 15 is 0 Å². The summed E-state index contributed by atoms with van der Waals surface area (Å²) in [6.07, 6.45) is 0. The number of halogens is 1. The Bertz CT molecular complexity index is 451. The van der Waals surface area contributed by atoms with E-state index in [4.69, 9.17) is 5.11 Å². The quantitative estimate of drug-likeness (QED) is 0.883. The topological polar surface area (TPSA) is 60.9 Å². The van der Waals surface area contributed by atoms with E-state index in [-0.39, 0.29) is 18.9 Å². The normalized spacial score (nSPS) is 9.94. The van der Waals surface area contributed by atoms with E-state index in [1.54, 1.807) is 12.1 Å². The van der Waals surface area contributed by atoms with Crippen LogP contribution in [0, 0.1) is 5.82 Å². The first-order valence-electron chi connectivity index (χ1n) is 5.32. The Morgan fingerprint density at radius 1 is 1.28 bits per heavy atom. The number of hydrogen-bond donors (Lipinski definition) is 1. The molecule has 18 heavy (non-hydrogen) atoms. The second kappa shape index (κ2) is 6.00. The van der Waals surface area contributed by atoms with Gasteiger partial charge < -0.3 is 14.9 Å². The van der Waals surface area contributed by atoms with Crippen LogP contribution in [-0.2, 0) is 11.3 Å². The van der Waals surface area contributed by atoms with Gasteiger partial charge in [-0.3, -0.25) is 4.79 Å². The van der Waals surface area contributed by atoms with Crippen molar-refractivity contribution in [3.05, 3.63) is 35.6 Å². The number of carboxylic acids is 1. The van der Waals surface area contributed by atoms with Crippen LogP contribution in [0.5, 0.6) is 0 Å². The highest BCUT2D eigenvalue weighted by Gasteiger charge is 2.16. The molecule has 0 bridgehead atoms. The highest BCUT2D eigenvalue weighted by atomic mass is 19.1. The van der Waals surface area contributed by atoms with E-state index in [9.17, 15) is 14.0 Å². The summed E-state index contributed by atoms with van der Waals surface area (Å²) in [7, 11) is 2.93. The van der Waals surface area contributed by atoms with Gasteiger partial charge in [0.15, 0.2) is 0 Å². The predicted octanol–water partition coefficient (Wildman–Crippen LogP) is 1.39. The number of urea groups is 1. The van der Waals surface area contributed by atoms with E-state index in [0.29, 0.717) is 5.56 Å². The lowest BCUT2D eigenvalue weighted by atomic mass is 10.2. The number of rotatable bonds is 4. The molecule has 0 atom stereocenters. The van der Waals surface area contributed by atoms with Crippen LogP contribution in [0.15, 0.2) is 24.3 Å². The maximum Gasteiger partial charge on any atom is 0.323 e. The van der Waals surface area contributed by atoms with Gasteiger partial charge in [-0.2, -0.15) is 0 Å². The van der Waals surface area contributed by atoms with Gasteiger partial charge in [-0.05, 0) is 17.7 Å². The Balaban J connectivity index is 2.62. The number of aliphatic carboxylic acids is 1. The zero-order valence-electron chi connectivity index (χ0n) is 10.3. The molecule has 0 spiro atoms. The first-order valence-corrected chi connectivity index (χ1v) is 5.32. The predicted molar refractivity (Wildman–Crippen MR) is 63.5 cm³/mol. The van der Waals surface area contributed by atoms with Crippen LogP contribution >= 0.6 is 0 Å². The lowest BCUT2D eigenvalue weighted by Gasteiger charge is -2.23. The molecule has 98 valence electrons. The van der Waals surface area contributed by atoms with E-state index in [1.807, 2.05) is 0 Å². The number of carboxylic acid groups (broad SMARTS) is 1. The summed E-state index contributed by atoms with van der Waals surface area (Å²) < 4.78 is 13.0. The number of carbonyl (C=O) groups is 2. The van der Waals surface area contributed by atoms with Crippen LogP contribution in [0.3, 0.4) is 0 Å². The summed E-state index contributed by atoms with van der Waals surface area (Å²) in [6.45, 7) is -0.146. The number of benzene rings is 1. The smallest absolute Gasteiger partial charge is 0.323 e. The highest BCUT2D eigenvalue weighted by Crippen LogP contribution is 2.07. The minimum absolute atomic E-state index is 0.223. The van der Waals surface area contributed by atoms with Crippen LogP contribution in [0.25, 0.3) is 0 Å². The molecular weight excluding hydrogens is 239 g/mol. The number of nitrogens with zero attached hydrogens (tertiary/aromatic N) is 2. The van der Waals surface area contributed by atoms with E-state index < -0.39 is 12.0 Å². The lowest BCUT2D eigenvalue weighted by molar-refractivity contribution is -0.137. The van der Waals surface area contributed by atoms with Crippen molar-refractivity contribution in [2.24, 2.45) is 0 Å². The van der Waals surface area contributed by atoms with Crippen molar-refractivity contribution in [3.63, 3.8) is 0 Å². The fourth-order valence-electron chi connectivity index (χ4n) is 1.54. The first-order chi connectivity index (χ1) is 8.40. The standard InChI is InChI=1S/C12H15FN2O3/c1-14(12(18)15(2)8-11(16)17)7-9-4-3-5-10(13)6-9/h3-6H,7-8H2,1-2H3,(H,16,17). The molecule has 1 aromatic rings. The van der Waals surface area contributed by atoms with Crippen molar-refractivity contribution in [1.29, 1.82) is 0 Å².